The molecule has 0 heterocycles. The van der Waals surface area contributed by atoms with Gasteiger partial charge in [-0.1, -0.05) is 0 Å². The Labute approximate surface area is 108 Å². The first-order valence-corrected chi connectivity index (χ1v) is 7.14. The lowest BCUT2D eigenvalue weighted by molar-refractivity contribution is 0.314. The average Bonchev–Trinajstić information content (AvgIpc) is 2.36. The first kappa shape index (κ1) is 14.2. The number of nitrogens with one attached hydrogen (secondary N) is 1. The summed E-state index contributed by atoms with van der Waals surface area (Å²) in [6, 6.07) is 5.92. The van der Waals surface area contributed by atoms with Crippen LogP contribution in [0.2, 0.25) is 0 Å². The molecule has 0 aromatic heterocycles. The van der Waals surface area contributed by atoms with Crippen LogP contribution in [0, 0.1) is 0 Å². The van der Waals surface area contributed by atoms with Crippen LogP contribution in [-0.2, 0) is 6.54 Å². The Kier molecular flexibility index (Phi) is 6.89. The summed E-state index contributed by atoms with van der Waals surface area (Å²) in [4.78, 5) is 0. The molecule has 1 N–H and O–H groups in total. The van der Waals surface area contributed by atoms with Crippen molar-refractivity contribution in [2.24, 2.45) is 0 Å². The third kappa shape index (κ3) is 4.88. The lowest BCUT2D eigenvalue weighted by atomic mass is 10.2. The summed E-state index contributed by atoms with van der Waals surface area (Å²) in [6.07, 6.45) is 3.19. The maximum Gasteiger partial charge on any atom is 0.124 e. The predicted molar refractivity (Wildman–Crippen MR) is 74.3 cm³/mol. The van der Waals surface area contributed by atoms with Crippen molar-refractivity contribution in [2.45, 2.75) is 13.0 Å². The van der Waals surface area contributed by atoms with Crippen molar-refractivity contribution >= 4 is 11.8 Å². The lowest BCUT2D eigenvalue weighted by Gasteiger charge is -2.12. The molecule has 0 saturated heterocycles. The Morgan fingerprint density at radius 1 is 1.35 bits per heavy atom. The van der Waals surface area contributed by atoms with Crippen molar-refractivity contribution in [1.82, 2.24) is 5.32 Å². The minimum absolute atomic E-state index is 0.768. The summed E-state index contributed by atoms with van der Waals surface area (Å²) in [5.74, 6) is 2.95. The van der Waals surface area contributed by atoms with E-state index in [4.69, 9.17) is 9.47 Å². The van der Waals surface area contributed by atoms with E-state index in [1.54, 1.807) is 7.11 Å². The smallest absolute Gasteiger partial charge is 0.124 e. The highest BCUT2D eigenvalue weighted by Crippen LogP contribution is 2.24. The van der Waals surface area contributed by atoms with Gasteiger partial charge in [0.05, 0.1) is 13.7 Å². The number of thioether (sulfide) groups is 1. The van der Waals surface area contributed by atoms with Crippen molar-refractivity contribution < 1.29 is 9.47 Å². The van der Waals surface area contributed by atoms with E-state index in [2.05, 4.69) is 11.6 Å². The second kappa shape index (κ2) is 8.25. The van der Waals surface area contributed by atoms with Gasteiger partial charge in [-0.3, -0.25) is 0 Å². The van der Waals surface area contributed by atoms with Gasteiger partial charge in [-0.15, -0.1) is 0 Å². The standard InChI is InChI=1S/C13H21NO2S/c1-14-10-11-9-12(15-2)5-6-13(11)16-7-4-8-17-3/h5-6,9,14H,4,7-8,10H2,1-3H3. The molecule has 0 bridgehead atoms. The fourth-order valence-electron chi connectivity index (χ4n) is 1.54. The first-order chi connectivity index (χ1) is 8.31. The van der Waals surface area contributed by atoms with E-state index in [0.29, 0.717) is 0 Å². The van der Waals surface area contributed by atoms with Crippen molar-refractivity contribution in [3.8, 4) is 11.5 Å². The van der Waals surface area contributed by atoms with Gasteiger partial charge in [0.25, 0.3) is 0 Å². The van der Waals surface area contributed by atoms with Gasteiger partial charge in [-0.05, 0) is 43.7 Å². The van der Waals surface area contributed by atoms with Crippen molar-refractivity contribution in [3.63, 3.8) is 0 Å². The van der Waals surface area contributed by atoms with E-state index in [1.165, 1.54) is 0 Å². The average molecular weight is 255 g/mol. The third-order valence-corrected chi connectivity index (χ3v) is 3.08. The van der Waals surface area contributed by atoms with E-state index in [1.807, 2.05) is 37.0 Å². The minimum atomic E-state index is 0.768. The molecular formula is C13H21NO2S. The van der Waals surface area contributed by atoms with Gasteiger partial charge in [0.15, 0.2) is 0 Å². The minimum Gasteiger partial charge on any atom is -0.497 e. The number of ether oxygens (including phenoxy) is 2. The van der Waals surface area contributed by atoms with Gasteiger partial charge in [0, 0.05) is 12.1 Å². The van der Waals surface area contributed by atoms with Crippen LogP contribution in [0.3, 0.4) is 0 Å². The van der Waals surface area contributed by atoms with Crippen molar-refractivity contribution in [3.05, 3.63) is 23.8 Å². The van der Waals surface area contributed by atoms with Gasteiger partial charge in [-0.2, -0.15) is 11.8 Å². The summed E-state index contributed by atoms with van der Waals surface area (Å²) in [7, 11) is 3.61. The molecule has 4 heteroatoms. The number of hydrogen-bond donors (Lipinski definition) is 1. The molecule has 0 aliphatic carbocycles. The predicted octanol–water partition coefficient (Wildman–Crippen LogP) is 2.55. The van der Waals surface area contributed by atoms with E-state index in [9.17, 15) is 0 Å². The van der Waals surface area contributed by atoms with Crippen LogP contribution in [0.15, 0.2) is 18.2 Å². The summed E-state index contributed by atoms with van der Waals surface area (Å²) < 4.78 is 11.0. The highest BCUT2D eigenvalue weighted by Gasteiger charge is 2.04. The van der Waals surface area contributed by atoms with Crippen LogP contribution in [0.1, 0.15) is 12.0 Å². The summed E-state index contributed by atoms with van der Waals surface area (Å²) in [5, 5.41) is 3.14. The maximum atomic E-state index is 5.78. The highest BCUT2D eigenvalue weighted by atomic mass is 32.2. The molecule has 0 spiro atoms. The third-order valence-electron chi connectivity index (χ3n) is 2.39. The molecule has 0 unspecified atom stereocenters. The summed E-state index contributed by atoms with van der Waals surface area (Å²) in [5.41, 5.74) is 1.14. The highest BCUT2D eigenvalue weighted by molar-refractivity contribution is 7.98. The Morgan fingerprint density at radius 3 is 2.82 bits per heavy atom. The van der Waals surface area contributed by atoms with Gasteiger partial charge >= 0.3 is 0 Å². The number of rotatable bonds is 8. The van der Waals surface area contributed by atoms with Crippen molar-refractivity contribution in [1.29, 1.82) is 0 Å². The second-order valence-electron chi connectivity index (χ2n) is 3.70. The largest absolute Gasteiger partial charge is 0.497 e. The van der Waals surface area contributed by atoms with Crippen LogP contribution < -0.4 is 14.8 Å². The number of benzene rings is 1. The van der Waals surface area contributed by atoms with Gasteiger partial charge in [-0.25, -0.2) is 0 Å². The maximum absolute atomic E-state index is 5.78. The molecular weight excluding hydrogens is 234 g/mol. The molecule has 96 valence electrons. The van der Waals surface area contributed by atoms with Crippen molar-refractivity contribution in [2.75, 3.05) is 32.8 Å². The quantitative estimate of drug-likeness (QED) is 0.723. The summed E-state index contributed by atoms with van der Waals surface area (Å²) in [6.45, 7) is 1.55. The Morgan fingerprint density at radius 2 is 2.18 bits per heavy atom. The lowest BCUT2D eigenvalue weighted by Crippen LogP contribution is -2.08. The monoisotopic (exact) mass is 255 g/mol. The Balaban J connectivity index is 2.62. The van der Waals surface area contributed by atoms with E-state index in [-0.39, 0.29) is 0 Å². The number of hydrogen-bond acceptors (Lipinski definition) is 4. The first-order valence-electron chi connectivity index (χ1n) is 5.75. The Bertz CT molecular complexity index is 331. The van der Waals surface area contributed by atoms with Crippen LogP contribution >= 0.6 is 11.8 Å². The molecule has 17 heavy (non-hydrogen) atoms. The molecule has 0 amide bonds. The SMILES string of the molecule is CNCc1cc(OC)ccc1OCCCSC. The second-order valence-corrected chi connectivity index (χ2v) is 4.68. The molecule has 0 fully saturated rings. The molecule has 1 aromatic carbocycles. The zero-order valence-corrected chi connectivity index (χ0v) is 11.6. The fourth-order valence-corrected chi connectivity index (χ4v) is 1.94. The van der Waals surface area contributed by atoms with Gasteiger partial charge in [0.1, 0.15) is 11.5 Å². The van der Waals surface area contributed by atoms with E-state index in [0.717, 1.165) is 42.4 Å². The molecule has 0 aliphatic heterocycles. The molecule has 0 saturated carbocycles. The van der Waals surface area contributed by atoms with Crippen LogP contribution in [0.25, 0.3) is 0 Å². The van der Waals surface area contributed by atoms with Crippen LogP contribution in [0.5, 0.6) is 11.5 Å². The van der Waals surface area contributed by atoms with Gasteiger partial charge in [0.2, 0.25) is 0 Å². The topological polar surface area (TPSA) is 30.5 Å². The molecule has 0 radical (unpaired) electrons. The van der Waals surface area contributed by atoms with Gasteiger partial charge < -0.3 is 14.8 Å². The molecule has 1 rings (SSSR count). The normalized spacial score (nSPS) is 10.3. The van der Waals surface area contributed by atoms with E-state index < -0.39 is 0 Å². The molecule has 0 aliphatic rings. The Hall–Kier alpha value is -0.870. The molecule has 1 aromatic rings. The number of methoxy groups -OCH3 is 1. The molecule has 0 atom stereocenters. The van der Waals surface area contributed by atoms with E-state index >= 15 is 0 Å². The zero-order valence-electron chi connectivity index (χ0n) is 10.8. The zero-order chi connectivity index (χ0) is 12.5. The molecule has 3 nitrogen and oxygen atoms in total. The fraction of sp³-hybridized carbons (Fsp3) is 0.538. The van der Waals surface area contributed by atoms with Crippen LogP contribution in [0.4, 0.5) is 0 Å². The van der Waals surface area contributed by atoms with Crippen LogP contribution in [-0.4, -0.2) is 32.8 Å². The summed E-state index contributed by atoms with van der Waals surface area (Å²) >= 11 is 1.84.